The number of benzene rings is 2. The van der Waals surface area contributed by atoms with Gasteiger partial charge in [-0.3, -0.25) is 0 Å². The fourth-order valence-corrected chi connectivity index (χ4v) is 1.94. The number of hydrogen-bond acceptors (Lipinski definition) is 2. The molecule has 0 heterocycles. The average Bonchev–Trinajstić information content (AvgIpc) is 2.32. The van der Waals surface area contributed by atoms with Crippen molar-refractivity contribution < 1.29 is 4.74 Å². The normalized spacial score (nSPS) is 10.4. The van der Waals surface area contributed by atoms with Gasteiger partial charge in [0.2, 0.25) is 0 Å². The maximum atomic E-state index is 6.11. The van der Waals surface area contributed by atoms with Gasteiger partial charge < -0.3 is 10.5 Å². The molecule has 0 atom stereocenters. The van der Waals surface area contributed by atoms with Crippen LogP contribution in [0.15, 0.2) is 36.4 Å². The van der Waals surface area contributed by atoms with Crippen molar-refractivity contribution in [2.45, 2.75) is 20.5 Å². The summed E-state index contributed by atoms with van der Waals surface area (Å²) in [5.41, 5.74) is 9.55. The first-order valence-electron chi connectivity index (χ1n) is 5.80. The Morgan fingerprint density at radius 1 is 1.11 bits per heavy atom. The molecule has 3 heteroatoms. The second kappa shape index (κ2) is 5.32. The van der Waals surface area contributed by atoms with Crippen LogP contribution in [0.5, 0.6) is 5.75 Å². The van der Waals surface area contributed by atoms with Crippen LogP contribution in [-0.2, 0) is 6.61 Å². The molecule has 0 radical (unpaired) electrons. The fourth-order valence-electron chi connectivity index (χ4n) is 1.70. The van der Waals surface area contributed by atoms with E-state index in [4.69, 9.17) is 22.1 Å². The van der Waals surface area contributed by atoms with Gasteiger partial charge in [-0.25, -0.2) is 0 Å². The highest BCUT2D eigenvalue weighted by Crippen LogP contribution is 2.24. The van der Waals surface area contributed by atoms with Crippen LogP contribution in [0.2, 0.25) is 5.02 Å². The molecular weight excluding hydrogens is 246 g/mol. The van der Waals surface area contributed by atoms with Crippen molar-refractivity contribution in [3.8, 4) is 5.75 Å². The zero-order chi connectivity index (χ0) is 13.1. The van der Waals surface area contributed by atoms with Crippen molar-refractivity contribution in [3.05, 3.63) is 58.1 Å². The van der Waals surface area contributed by atoms with Crippen LogP contribution in [0.4, 0.5) is 5.69 Å². The number of nitrogens with two attached hydrogens (primary N) is 1. The van der Waals surface area contributed by atoms with E-state index in [1.807, 2.05) is 32.0 Å². The van der Waals surface area contributed by atoms with Crippen LogP contribution < -0.4 is 10.5 Å². The van der Waals surface area contributed by atoms with E-state index in [9.17, 15) is 0 Å². The fraction of sp³-hybridized carbons (Fsp3) is 0.200. The van der Waals surface area contributed by atoms with Gasteiger partial charge in [0, 0.05) is 16.3 Å². The molecule has 94 valence electrons. The van der Waals surface area contributed by atoms with Crippen LogP contribution in [0.1, 0.15) is 16.7 Å². The second-order valence-electron chi connectivity index (χ2n) is 4.41. The number of aryl methyl sites for hydroxylation is 2. The Kier molecular flexibility index (Phi) is 3.78. The van der Waals surface area contributed by atoms with E-state index in [2.05, 4.69) is 12.1 Å². The summed E-state index contributed by atoms with van der Waals surface area (Å²) in [7, 11) is 0. The minimum absolute atomic E-state index is 0.448. The number of halogens is 1. The molecule has 2 rings (SSSR count). The predicted octanol–water partition coefficient (Wildman–Crippen LogP) is 4.12. The molecule has 0 spiro atoms. The van der Waals surface area contributed by atoms with Gasteiger partial charge in [-0.05, 0) is 43.2 Å². The third-order valence-electron chi connectivity index (χ3n) is 2.80. The minimum Gasteiger partial charge on any atom is -0.489 e. The van der Waals surface area contributed by atoms with Gasteiger partial charge >= 0.3 is 0 Å². The molecule has 0 fully saturated rings. The Bertz CT molecular complexity index is 566. The minimum atomic E-state index is 0.448. The summed E-state index contributed by atoms with van der Waals surface area (Å²) in [6, 6.07) is 11.6. The zero-order valence-corrected chi connectivity index (χ0v) is 11.3. The molecule has 2 nitrogen and oxygen atoms in total. The molecule has 0 amide bonds. The van der Waals surface area contributed by atoms with Crippen molar-refractivity contribution in [3.63, 3.8) is 0 Å². The van der Waals surface area contributed by atoms with Crippen LogP contribution >= 0.6 is 11.6 Å². The van der Waals surface area contributed by atoms with Crippen molar-refractivity contribution in [2.24, 2.45) is 0 Å². The molecule has 0 saturated heterocycles. The van der Waals surface area contributed by atoms with Crippen LogP contribution in [0, 0.1) is 13.8 Å². The first-order chi connectivity index (χ1) is 8.56. The smallest absolute Gasteiger partial charge is 0.122 e. The lowest BCUT2D eigenvalue weighted by Gasteiger charge is -2.11. The molecule has 2 aromatic rings. The molecule has 0 aliphatic rings. The van der Waals surface area contributed by atoms with E-state index >= 15 is 0 Å². The molecule has 2 N–H and O–H groups in total. The SMILES string of the molecule is Cc1ccc(C)c(OCc2ccc(N)cc2Cl)c1. The topological polar surface area (TPSA) is 35.2 Å². The summed E-state index contributed by atoms with van der Waals surface area (Å²) in [5, 5.41) is 0.639. The third kappa shape index (κ3) is 2.96. The highest BCUT2D eigenvalue weighted by atomic mass is 35.5. The molecular formula is C15H16ClNO. The predicted molar refractivity (Wildman–Crippen MR) is 76.1 cm³/mol. The second-order valence-corrected chi connectivity index (χ2v) is 4.82. The van der Waals surface area contributed by atoms with Gasteiger partial charge in [-0.2, -0.15) is 0 Å². The van der Waals surface area contributed by atoms with E-state index in [-0.39, 0.29) is 0 Å². The number of nitrogen functional groups attached to an aromatic ring is 1. The van der Waals surface area contributed by atoms with Crippen LogP contribution in [0.3, 0.4) is 0 Å². The molecule has 0 aromatic heterocycles. The summed E-state index contributed by atoms with van der Waals surface area (Å²) in [5.74, 6) is 0.892. The summed E-state index contributed by atoms with van der Waals surface area (Å²) < 4.78 is 5.80. The molecule has 0 bridgehead atoms. The van der Waals surface area contributed by atoms with Crippen LogP contribution in [-0.4, -0.2) is 0 Å². The van der Waals surface area contributed by atoms with Gasteiger partial charge in [-0.15, -0.1) is 0 Å². The lowest BCUT2D eigenvalue weighted by atomic mass is 10.1. The number of anilines is 1. The highest BCUT2D eigenvalue weighted by Gasteiger charge is 2.04. The average molecular weight is 262 g/mol. The summed E-state index contributed by atoms with van der Waals surface area (Å²) in [6.45, 7) is 4.52. The number of ether oxygens (including phenoxy) is 1. The van der Waals surface area contributed by atoms with E-state index in [1.54, 1.807) is 6.07 Å². The van der Waals surface area contributed by atoms with Crippen molar-refractivity contribution >= 4 is 17.3 Å². The van der Waals surface area contributed by atoms with Gasteiger partial charge in [-0.1, -0.05) is 29.8 Å². The Balaban J connectivity index is 2.13. The Morgan fingerprint density at radius 3 is 2.61 bits per heavy atom. The van der Waals surface area contributed by atoms with Crippen LogP contribution in [0.25, 0.3) is 0 Å². The molecule has 0 aliphatic carbocycles. The van der Waals surface area contributed by atoms with Gasteiger partial charge in [0.15, 0.2) is 0 Å². The van der Waals surface area contributed by atoms with E-state index in [1.165, 1.54) is 5.56 Å². The molecule has 18 heavy (non-hydrogen) atoms. The zero-order valence-electron chi connectivity index (χ0n) is 10.5. The summed E-state index contributed by atoms with van der Waals surface area (Å²) in [6.07, 6.45) is 0. The Morgan fingerprint density at radius 2 is 1.89 bits per heavy atom. The van der Waals surface area contributed by atoms with Gasteiger partial charge in [0.05, 0.1) is 0 Å². The third-order valence-corrected chi connectivity index (χ3v) is 3.16. The van der Waals surface area contributed by atoms with Crippen molar-refractivity contribution in [1.29, 1.82) is 0 Å². The van der Waals surface area contributed by atoms with Gasteiger partial charge in [0.1, 0.15) is 12.4 Å². The Hall–Kier alpha value is -1.67. The van der Waals surface area contributed by atoms with Gasteiger partial charge in [0.25, 0.3) is 0 Å². The quantitative estimate of drug-likeness (QED) is 0.844. The van der Waals surface area contributed by atoms with E-state index in [0.29, 0.717) is 17.3 Å². The first kappa shape index (κ1) is 12.8. The largest absolute Gasteiger partial charge is 0.489 e. The lowest BCUT2D eigenvalue weighted by molar-refractivity contribution is 0.304. The molecule has 2 aromatic carbocycles. The van der Waals surface area contributed by atoms with E-state index in [0.717, 1.165) is 16.9 Å². The monoisotopic (exact) mass is 261 g/mol. The summed E-state index contributed by atoms with van der Waals surface area (Å²) >= 11 is 6.11. The molecule has 0 saturated carbocycles. The van der Waals surface area contributed by atoms with Crippen molar-refractivity contribution in [2.75, 3.05) is 5.73 Å². The molecule has 0 unspecified atom stereocenters. The number of rotatable bonds is 3. The highest BCUT2D eigenvalue weighted by molar-refractivity contribution is 6.31. The Labute approximate surface area is 112 Å². The first-order valence-corrected chi connectivity index (χ1v) is 6.18. The maximum Gasteiger partial charge on any atom is 0.122 e. The van der Waals surface area contributed by atoms with Crippen molar-refractivity contribution in [1.82, 2.24) is 0 Å². The summed E-state index contributed by atoms with van der Waals surface area (Å²) in [4.78, 5) is 0. The van der Waals surface area contributed by atoms with E-state index < -0.39 is 0 Å². The maximum absolute atomic E-state index is 6.11. The number of hydrogen-bond donors (Lipinski definition) is 1. The molecule has 0 aliphatic heterocycles. The lowest BCUT2D eigenvalue weighted by Crippen LogP contribution is -1.99. The standard InChI is InChI=1S/C15H16ClNO/c1-10-3-4-11(2)15(7-10)18-9-12-5-6-13(17)8-14(12)16/h3-8H,9,17H2,1-2H3.